The third-order valence-corrected chi connectivity index (χ3v) is 2.58. The van der Waals surface area contributed by atoms with E-state index >= 15 is 0 Å². The second kappa shape index (κ2) is 4.86. The number of phosphoric acid groups is 1. The minimum absolute atomic E-state index is 0.0399. The molecule has 1 fully saturated rings. The molecule has 0 aromatic carbocycles. The molecule has 0 spiro atoms. The lowest BCUT2D eigenvalue weighted by molar-refractivity contribution is -0.109. The fourth-order valence-electron chi connectivity index (χ4n) is 1.35. The first-order valence-electron chi connectivity index (χ1n) is 4.30. The van der Waals surface area contributed by atoms with Crippen molar-refractivity contribution >= 4 is 7.82 Å². The van der Waals surface area contributed by atoms with Gasteiger partial charge in [0.2, 0.25) is 0 Å². The van der Waals surface area contributed by atoms with Crippen LogP contribution >= 0.6 is 7.82 Å². The van der Waals surface area contributed by atoms with Gasteiger partial charge in [-0.25, -0.2) is 4.57 Å². The molecule has 0 aliphatic carbocycles. The Morgan fingerprint density at radius 1 is 1.33 bits per heavy atom. The van der Waals surface area contributed by atoms with E-state index in [9.17, 15) is 14.8 Å². The zero-order valence-electron chi connectivity index (χ0n) is 7.72. The molecule has 0 aromatic heterocycles. The maximum atomic E-state index is 10.4. The lowest BCUT2D eigenvalue weighted by Gasteiger charge is -2.35. The van der Waals surface area contributed by atoms with Crippen molar-refractivity contribution in [3.8, 4) is 0 Å². The second-order valence-electron chi connectivity index (χ2n) is 3.39. The quantitative estimate of drug-likeness (QED) is 0.299. The van der Waals surface area contributed by atoms with Gasteiger partial charge in [-0.15, -0.1) is 0 Å². The maximum Gasteiger partial charge on any atom is 0.469 e. The maximum absolute atomic E-state index is 10.4. The number of aliphatic hydroxyl groups excluding tert-OH is 3. The summed E-state index contributed by atoms with van der Waals surface area (Å²) in [5, 5.41) is 30.0. The Bertz CT molecular complexity index is 244. The Balaban J connectivity index is 2.42. The Morgan fingerprint density at radius 2 is 1.93 bits per heavy atom. The third kappa shape index (κ3) is 4.13. The van der Waals surface area contributed by atoms with Crippen LogP contribution in [0.5, 0.6) is 0 Å². The fraction of sp³-hybridized carbons (Fsp3) is 1.00. The number of phosphoric ester groups is 1. The van der Waals surface area contributed by atoms with Crippen LogP contribution in [0.4, 0.5) is 0 Å². The van der Waals surface area contributed by atoms with E-state index in [1.807, 2.05) is 0 Å². The highest BCUT2D eigenvalue weighted by Gasteiger charge is 2.34. The Labute approximate surface area is 85.7 Å². The Morgan fingerprint density at radius 3 is 2.40 bits per heavy atom. The monoisotopic (exact) mass is 243 g/mol. The number of aliphatic hydroxyl groups is 3. The summed E-state index contributed by atoms with van der Waals surface area (Å²) in [5.41, 5.74) is 0. The zero-order chi connectivity index (χ0) is 11.6. The van der Waals surface area contributed by atoms with Gasteiger partial charge in [0.05, 0.1) is 12.7 Å². The molecule has 1 unspecified atom stereocenters. The van der Waals surface area contributed by atoms with Crippen LogP contribution in [-0.2, 0) is 9.09 Å². The average Bonchev–Trinajstić information content (AvgIpc) is 2.09. The van der Waals surface area contributed by atoms with E-state index in [-0.39, 0.29) is 13.0 Å². The van der Waals surface area contributed by atoms with Crippen LogP contribution in [0.2, 0.25) is 0 Å². The lowest BCUT2D eigenvalue weighted by atomic mass is 9.99. The highest BCUT2D eigenvalue weighted by atomic mass is 31.2. The summed E-state index contributed by atoms with van der Waals surface area (Å²) in [6, 6.07) is -0.619. The largest absolute Gasteiger partial charge is 0.469 e. The third-order valence-electron chi connectivity index (χ3n) is 2.09. The number of hydrogen-bond donors (Lipinski definition) is 6. The van der Waals surface area contributed by atoms with Crippen LogP contribution in [0.25, 0.3) is 0 Å². The van der Waals surface area contributed by atoms with Gasteiger partial charge in [0.1, 0.15) is 12.3 Å². The molecule has 90 valence electrons. The molecule has 15 heavy (non-hydrogen) atoms. The Hall–Kier alpha value is -0.0500. The topological polar surface area (TPSA) is 139 Å². The molecule has 1 rings (SSSR count). The van der Waals surface area contributed by atoms with Crippen molar-refractivity contribution in [2.45, 2.75) is 30.9 Å². The van der Waals surface area contributed by atoms with Crippen LogP contribution in [0, 0.1) is 0 Å². The van der Waals surface area contributed by atoms with E-state index < -0.39 is 32.3 Å². The van der Waals surface area contributed by atoms with Crippen molar-refractivity contribution < 1.29 is 34.2 Å². The van der Waals surface area contributed by atoms with Crippen molar-refractivity contribution in [3.63, 3.8) is 0 Å². The van der Waals surface area contributed by atoms with Gasteiger partial charge in [0, 0.05) is 6.04 Å². The first-order chi connectivity index (χ1) is 6.79. The summed E-state index contributed by atoms with van der Waals surface area (Å²) in [6.07, 6.45) is -3.75. The smallest absolute Gasteiger partial charge is 0.390 e. The molecule has 1 aliphatic rings. The predicted molar refractivity (Wildman–Crippen MR) is 47.6 cm³/mol. The van der Waals surface area contributed by atoms with E-state index in [4.69, 9.17) is 14.9 Å². The van der Waals surface area contributed by atoms with Crippen LogP contribution in [0.15, 0.2) is 0 Å². The van der Waals surface area contributed by atoms with Crippen molar-refractivity contribution in [1.29, 1.82) is 0 Å². The molecular weight excluding hydrogens is 229 g/mol. The van der Waals surface area contributed by atoms with Gasteiger partial charge in [-0.05, 0) is 6.42 Å². The number of nitrogens with one attached hydrogen (secondary N) is 1. The van der Waals surface area contributed by atoms with Crippen LogP contribution in [0.1, 0.15) is 6.42 Å². The standard InChI is InChI=1S/C6H14NO7P/c8-4-1-3(2-14-15(11,12)13)7-6(10)5(4)9/h3-10H,1-2H2,(H2,11,12,13)/t3-,4-,5-,6?/m0/s1. The molecule has 1 aliphatic heterocycles. The summed E-state index contributed by atoms with van der Waals surface area (Å²) < 4.78 is 14.6. The SMILES string of the molecule is O=P(O)(O)OC[C@@H]1C[C@H](O)[C@H](O)C(O)N1. The minimum atomic E-state index is -4.55. The number of hydrogen-bond acceptors (Lipinski definition) is 6. The normalized spacial score (nSPS) is 37.9. The molecule has 8 nitrogen and oxygen atoms in total. The first kappa shape index (κ1) is 13.0. The molecule has 0 radical (unpaired) electrons. The molecule has 4 atom stereocenters. The summed E-state index contributed by atoms with van der Waals surface area (Å²) in [4.78, 5) is 16.8. The van der Waals surface area contributed by atoms with E-state index in [2.05, 4.69) is 9.84 Å². The Kier molecular flexibility index (Phi) is 4.21. The van der Waals surface area contributed by atoms with Crippen LogP contribution in [-0.4, -0.2) is 56.2 Å². The van der Waals surface area contributed by atoms with Crippen molar-refractivity contribution in [2.24, 2.45) is 0 Å². The highest BCUT2D eigenvalue weighted by Crippen LogP contribution is 2.36. The number of rotatable bonds is 3. The van der Waals surface area contributed by atoms with Crippen molar-refractivity contribution in [3.05, 3.63) is 0 Å². The number of piperidine rings is 1. The van der Waals surface area contributed by atoms with Crippen LogP contribution < -0.4 is 5.32 Å². The molecule has 0 saturated carbocycles. The van der Waals surface area contributed by atoms with Crippen molar-refractivity contribution in [2.75, 3.05) is 6.61 Å². The molecular formula is C6H14NO7P. The van der Waals surface area contributed by atoms with E-state index in [0.717, 1.165) is 0 Å². The predicted octanol–water partition coefficient (Wildman–Crippen LogP) is -2.50. The van der Waals surface area contributed by atoms with Gasteiger partial charge in [0.15, 0.2) is 0 Å². The van der Waals surface area contributed by atoms with Crippen molar-refractivity contribution in [1.82, 2.24) is 5.32 Å². The molecule has 1 saturated heterocycles. The molecule has 6 N–H and O–H groups in total. The first-order valence-corrected chi connectivity index (χ1v) is 5.83. The lowest BCUT2D eigenvalue weighted by Crippen LogP contribution is -2.58. The second-order valence-corrected chi connectivity index (χ2v) is 4.63. The van der Waals surface area contributed by atoms with Gasteiger partial charge in [0.25, 0.3) is 0 Å². The summed E-state index contributed by atoms with van der Waals surface area (Å²) in [6.45, 7) is -0.356. The average molecular weight is 243 g/mol. The minimum Gasteiger partial charge on any atom is -0.390 e. The van der Waals surface area contributed by atoms with E-state index in [1.165, 1.54) is 0 Å². The molecule has 1 heterocycles. The molecule has 0 bridgehead atoms. The van der Waals surface area contributed by atoms with Gasteiger partial charge in [-0.3, -0.25) is 9.84 Å². The molecule has 0 aromatic rings. The summed E-state index contributed by atoms with van der Waals surface area (Å²) >= 11 is 0. The summed E-state index contributed by atoms with van der Waals surface area (Å²) in [7, 11) is -4.55. The van der Waals surface area contributed by atoms with Gasteiger partial charge in [-0.1, -0.05) is 0 Å². The van der Waals surface area contributed by atoms with E-state index in [0.29, 0.717) is 0 Å². The van der Waals surface area contributed by atoms with Gasteiger partial charge < -0.3 is 25.1 Å². The molecule has 0 amide bonds. The highest BCUT2D eigenvalue weighted by molar-refractivity contribution is 7.46. The van der Waals surface area contributed by atoms with Crippen LogP contribution in [0.3, 0.4) is 0 Å². The fourth-order valence-corrected chi connectivity index (χ4v) is 1.73. The molecule has 9 heteroatoms. The summed E-state index contributed by atoms with van der Waals surface area (Å²) in [5.74, 6) is 0. The zero-order valence-corrected chi connectivity index (χ0v) is 8.62. The van der Waals surface area contributed by atoms with E-state index in [1.54, 1.807) is 0 Å². The van der Waals surface area contributed by atoms with Gasteiger partial charge >= 0.3 is 7.82 Å². The van der Waals surface area contributed by atoms with Gasteiger partial charge in [-0.2, -0.15) is 0 Å².